The summed E-state index contributed by atoms with van der Waals surface area (Å²) < 4.78 is 4.39. The fourth-order valence-electron chi connectivity index (χ4n) is 1.28. The lowest BCUT2D eigenvalue weighted by Crippen LogP contribution is -2.13. The van der Waals surface area contributed by atoms with Crippen LogP contribution in [0.1, 0.15) is 24.2 Å². The van der Waals surface area contributed by atoms with E-state index >= 15 is 0 Å². The molecule has 1 atom stereocenters. The zero-order valence-electron chi connectivity index (χ0n) is 8.73. The molecule has 1 aromatic carbocycles. The average molecular weight is 210 g/mol. The van der Waals surface area contributed by atoms with E-state index in [1.807, 2.05) is 6.92 Å². The van der Waals surface area contributed by atoms with Crippen molar-refractivity contribution in [2.24, 2.45) is 0 Å². The van der Waals surface area contributed by atoms with Crippen LogP contribution in [0.25, 0.3) is 0 Å². The van der Waals surface area contributed by atoms with Crippen molar-refractivity contribution in [1.82, 2.24) is 0 Å². The van der Waals surface area contributed by atoms with Crippen LogP contribution >= 0.6 is 0 Å². The van der Waals surface area contributed by atoms with E-state index < -0.39 is 12.1 Å². The van der Waals surface area contributed by atoms with Gasteiger partial charge in [0.15, 0.2) is 6.10 Å². The van der Waals surface area contributed by atoms with Gasteiger partial charge in [-0.05, 0) is 24.1 Å². The summed E-state index contributed by atoms with van der Waals surface area (Å²) in [7, 11) is 1.19. The summed E-state index contributed by atoms with van der Waals surface area (Å²) >= 11 is 0. The smallest absolute Gasteiger partial charge is 0.339 e. The van der Waals surface area contributed by atoms with Gasteiger partial charge in [0.25, 0.3) is 0 Å². The molecule has 0 radical (unpaired) electrons. The van der Waals surface area contributed by atoms with Gasteiger partial charge in [-0.25, -0.2) is 4.79 Å². The first-order chi connectivity index (χ1) is 7.10. The molecule has 0 heterocycles. The number of rotatable bonds is 3. The second kappa shape index (κ2) is 4.79. The number of phenolic OH excluding ortho intramolecular Hbond substituents is 1. The Bertz CT molecular complexity index is 360. The zero-order valence-corrected chi connectivity index (χ0v) is 8.73. The van der Waals surface area contributed by atoms with Gasteiger partial charge < -0.3 is 14.9 Å². The Morgan fingerprint density at radius 2 is 2.20 bits per heavy atom. The molecule has 0 saturated carbocycles. The normalized spacial score (nSPS) is 12.2. The first-order valence-electron chi connectivity index (χ1n) is 4.67. The second-order valence-electron chi connectivity index (χ2n) is 3.17. The zero-order chi connectivity index (χ0) is 11.4. The fourth-order valence-corrected chi connectivity index (χ4v) is 1.28. The Balaban J connectivity index is 3.06. The first kappa shape index (κ1) is 11.5. The highest BCUT2D eigenvalue weighted by Crippen LogP contribution is 2.26. The predicted molar refractivity (Wildman–Crippen MR) is 54.5 cm³/mol. The minimum Gasteiger partial charge on any atom is -0.508 e. The molecule has 0 fully saturated rings. The minimum absolute atomic E-state index is 0.106. The van der Waals surface area contributed by atoms with E-state index in [2.05, 4.69) is 4.74 Å². The van der Waals surface area contributed by atoms with Gasteiger partial charge in [0, 0.05) is 5.56 Å². The molecular weight excluding hydrogens is 196 g/mol. The Morgan fingerprint density at radius 3 is 2.73 bits per heavy atom. The molecule has 4 nitrogen and oxygen atoms in total. The summed E-state index contributed by atoms with van der Waals surface area (Å²) in [5, 5.41) is 19.0. The van der Waals surface area contributed by atoms with Gasteiger partial charge in [-0.2, -0.15) is 0 Å². The largest absolute Gasteiger partial charge is 0.508 e. The van der Waals surface area contributed by atoms with E-state index in [1.165, 1.54) is 13.2 Å². The highest BCUT2D eigenvalue weighted by molar-refractivity contribution is 5.77. The second-order valence-corrected chi connectivity index (χ2v) is 3.17. The van der Waals surface area contributed by atoms with Crippen molar-refractivity contribution in [1.29, 1.82) is 0 Å². The summed E-state index contributed by atoms with van der Waals surface area (Å²) in [6.45, 7) is 1.95. The monoisotopic (exact) mass is 210 g/mol. The Hall–Kier alpha value is -1.55. The fraction of sp³-hybridized carbons (Fsp3) is 0.364. The van der Waals surface area contributed by atoms with Crippen molar-refractivity contribution in [3.63, 3.8) is 0 Å². The van der Waals surface area contributed by atoms with Gasteiger partial charge in [-0.15, -0.1) is 0 Å². The number of benzene rings is 1. The van der Waals surface area contributed by atoms with E-state index in [0.29, 0.717) is 0 Å². The van der Waals surface area contributed by atoms with Crippen LogP contribution in [0, 0.1) is 0 Å². The van der Waals surface area contributed by atoms with Crippen LogP contribution < -0.4 is 0 Å². The standard InChI is InChI=1S/C11H14O4/c1-3-7-4-5-9(12)8(6-7)10(13)11(14)15-2/h4-6,10,12-13H,3H2,1-2H3. The molecule has 0 saturated heterocycles. The van der Waals surface area contributed by atoms with Crippen molar-refractivity contribution in [3.8, 4) is 5.75 Å². The van der Waals surface area contributed by atoms with Crippen LogP contribution in [0.2, 0.25) is 0 Å². The minimum atomic E-state index is -1.43. The Kier molecular flexibility index (Phi) is 3.68. The van der Waals surface area contributed by atoms with Crippen molar-refractivity contribution in [2.45, 2.75) is 19.4 Å². The number of aryl methyl sites for hydroxylation is 1. The number of ether oxygens (including phenoxy) is 1. The maximum Gasteiger partial charge on any atom is 0.339 e. The quantitative estimate of drug-likeness (QED) is 0.735. The average Bonchev–Trinajstić information content (AvgIpc) is 2.27. The van der Waals surface area contributed by atoms with Gasteiger partial charge in [0.1, 0.15) is 5.75 Å². The van der Waals surface area contributed by atoms with Crippen LogP contribution in [-0.2, 0) is 16.0 Å². The van der Waals surface area contributed by atoms with Gasteiger partial charge >= 0.3 is 5.97 Å². The number of carbonyl (C=O) groups excluding carboxylic acids is 1. The predicted octanol–water partition coefficient (Wildman–Crippen LogP) is 1.16. The molecule has 0 aliphatic heterocycles. The van der Waals surface area contributed by atoms with E-state index in [-0.39, 0.29) is 11.3 Å². The van der Waals surface area contributed by atoms with Gasteiger partial charge in [0.2, 0.25) is 0 Å². The van der Waals surface area contributed by atoms with Gasteiger partial charge in [-0.3, -0.25) is 0 Å². The van der Waals surface area contributed by atoms with E-state index in [4.69, 9.17) is 0 Å². The molecule has 1 rings (SSSR count). The Morgan fingerprint density at radius 1 is 1.53 bits per heavy atom. The molecule has 0 aromatic heterocycles. The van der Waals surface area contributed by atoms with Gasteiger partial charge in [-0.1, -0.05) is 13.0 Å². The first-order valence-corrected chi connectivity index (χ1v) is 4.67. The number of hydrogen-bond donors (Lipinski definition) is 2. The SMILES string of the molecule is CCc1ccc(O)c(C(O)C(=O)OC)c1. The maximum absolute atomic E-state index is 11.1. The maximum atomic E-state index is 11.1. The lowest BCUT2D eigenvalue weighted by molar-refractivity contribution is -0.150. The number of aromatic hydroxyl groups is 1. The summed E-state index contributed by atoms with van der Waals surface area (Å²) in [6.07, 6.45) is -0.664. The van der Waals surface area contributed by atoms with Crippen molar-refractivity contribution >= 4 is 5.97 Å². The number of phenols is 1. The molecule has 0 spiro atoms. The summed E-state index contributed by atoms with van der Waals surface area (Å²) in [4.78, 5) is 11.1. The summed E-state index contributed by atoms with van der Waals surface area (Å²) in [6, 6.07) is 4.79. The molecule has 2 N–H and O–H groups in total. The van der Waals surface area contributed by atoms with Crippen LogP contribution in [0.3, 0.4) is 0 Å². The number of aliphatic hydroxyl groups is 1. The van der Waals surface area contributed by atoms with E-state index in [9.17, 15) is 15.0 Å². The van der Waals surface area contributed by atoms with Crippen LogP contribution in [0.5, 0.6) is 5.75 Å². The Labute approximate surface area is 88.1 Å². The molecule has 15 heavy (non-hydrogen) atoms. The topological polar surface area (TPSA) is 66.8 Å². The van der Waals surface area contributed by atoms with Crippen LogP contribution in [-0.4, -0.2) is 23.3 Å². The molecule has 82 valence electrons. The summed E-state index contributed by atoms with van der Waals surface area (Å²) in [5.41, 5.74) is 1.12. The third kappa shape index (κ3) is 2.47. The van der Waals surface area contributed by atoms with E-state index in [0.717, 1.165) is 12.0 Å². The lowest BCUT2D eigenvalue weighted by Gasteiger charge is -2.11. The number of carbonyl (C=O) groups is 1. The number of aliphatic hydroxyl groups excluding tert-OH is 1. The molecule has 1 unspecified atom stereocenters. The molecule has 0 aliphatic carbocycles. The third-order valence-corrected chi connectivity index (χ3v) is 2.22. The summed E-state index contributed by atoms with van der Waals surface area (Å²) in [5.74, 6) is -0.886. The highest BCUT2D eigenvalue weighted by atomic mass is 16.5. The molecular formula is C11H14O4. The van der Waals surface area contributed by atoms with Gasteiger partial charge in [0.05, 0.1) is 7.11 Å². The molecule has 1 aromatic rings. The molecule has 0 amide bonds. The number of esters is 1. The van der Waals surface area contributed by atoms with Crippen LogP contribution in [0.15, 0.2) is 18.2 Å². The molecule has 0 bridgehead atoms. The van der Waals surface area contributed by atoms with Crippen molar-refractivity contribution < 1.29 is 19.7 Å². The molecule has 4 heteroatoms. The van der Waals surface area contributed by atoms with Crippen LogP contribution in [0.4, 0.5) is 0 Å². The lowest BCUT2D eigenvalue weighted by atomic mass is 10.0. The molecule has 0 aliphatic rings. The van der Waals surface area contributed by atoms with E-state index in [1.54, 1.807) is 12.1 Å². The third-order valence-electron chi connectivity index (χ3n) is 2.22. The highest BCUT2D eigenvalue weighted by Gasteiger charge is 2.21. The number of methoxy groups -OCH3 is 1. The number of hydrogen-bond acceptors (Lipinski definition) is 4. The van der Waals surface area contributed by atoms with Crippen molar-refractivity contribution in [3.05, 3.63) is 29.3 Å². The van der Waals surface area contributed by atoms with Crippen molar-refractivity contribution in [2.75, 3.05) is 7.11 Å².